The van der Waals surface area contributed by atoms with E-state index in [0.29, 0.717) is 5.70 Å². The van der Waals surface area contributed by atoms with Crippen LogP contribution in [0.1, 0.15) is 29.2 Å². The van der Waals surface area contributed by atoms with Gasteiger partial charge in [-0.05, 0) is 6.42 Å². The van der Waals surface area contributed by atoms with E-state index in [4.69, 9.17) is 10.7 Å². The van der Waals surface area contributed by atoms with Gasteiger partial charge in [0.15, 0.2) is 0 Å². The van der Waals surface area contributed by atoms with Gasteiger partial charge in [-0.3, -0.25) is 0 Å². The smallest absolute Gasteiger partial charge is 0.0613 e. The Labute approximate surface area is 193 Å². The molecule has 0 atom stereocenters. The summed E-state index contributed by atoms with van der Waals surface area (Å²) in [6, 6.07) is 10.6. The van der Waals surface area contributed by atoms with E-state index in [9.17, 15) is 0 Å². The second-order valence-electron chi connectivity index (χ2n) is 7.52. The summed E-state index contributed by atoms with van der Waals surface area (Å²) in [6.07, 6.45) is 6.59. The van der Waals surface area contributed by atoms with Gasteiger partial charge in [-0.1, -0.05) is 13.5 Å². The third kappa shape index (κ3) is 3.92. The van der Waals surface area contributed by atoms with E-state index in [0.717, 1.165) is 40.4 Å². The zero-order valence-electron chi connectivity index (χ0n) is 18.3. The van der Waals surface area contributed by atoms with Crippen LogP contribution in [0.3, 0.4) is 0 Å². The van der Waals surface area contributed by atoms with Crippen LogP contribution in [0.5, 0.6) is 0 Å². The Morgan fingerprint density at radius 2 is 1.97 bits per heavy atom. The van der Waals surface area contributed by atoms with Gasteiger partial charge < -0.3 is 5.73 Å². The minimum Gasteiger partial charge on any atom is -0.0613 e. The molecule has 0 radical (unpaired) electrons. The average molecular weight is 524 g/mol. The first-order chi connectivity index (χ1) is 14.9. The third-order valence-electron chi connectivity index (χ3n) is 5.72. The first-order valence-electron chi connectivity index (χ1n) is 10.2. The summed E-state index contributed by atoms with van der Waals surface area (Å²) in [5.74, 6) is 0.723. The number of aromatic nitrogens is 3. The molecular weight excluding hydrogens is 497 g/mol. The van der Waals surface area contributed by atoms with Crippen LogP contribution in [-0.2, 0) is 6.42 Å². The molecule has 160 valence electrons. The van der Waals surface area contributed by atoms with Crippen LogP contribution in [0.15, 0.2) is 55.5 Å². The summed E-state index contributed by atoms with van der Waals surface area (Å²) in [5, 5.41) is 3.44. The molecule has 0 bridgehead atoms. The number of nitrogens with zero attached hydrogens (tertiary/aromatic N) is 3. The zero-order valence-corrected chi connectivity index (χ0v) is 20.5. The van der Waals surface area contributed by atoms with E-state index >= 15 is 0 Å². The average Bonchev–Trinajstić information content (AvgIpc) is 3.20. The molecule has 4 rings (SSSR count). The summed E-state index contributed by atoms with van der Waals surface area (Å²) in [7, 11) is 0. The number of aryl methyl sites for hydroxylation is 1. The van der Waals surface area contributed by atoms with E-state index in [1.165, 1.54) is 20.3 Å². The molecule has 0 saturated carbocycles. The van der Waals surface area contributed by atoms with Crippen LogP contribution >= 0.6 is 0 Å². The predicted octanol–water partition coefficient (Wildman–Crippen LogP) is 2.14. The predicted molar refractivity (Wildman–Crippen MR) is 125 cm³/mol. The molecule has 0 aliphatic rings. The Bertz CT molecular complexity index is 1290. The molecule has 2 aromatic heterocycles. The Morgan fingerprint density at radius 1 is 1.16 bits per heavy atom. The van der Waals surface area contributed by atoms with E-state index in [2.05, 4.69) is 65.2 Å². The van der Waals surface area contributed by atoms with Crippen LogP contribution in [0.25, 0.3) is 22.6 Å². The molecule has 31 heavy (non-hydrogen) atoms. The van der Waals surface area contributed by atoms with Crippen molar-refractivity contribution in [3.05, 3.63) is 81.3 Å². The number of hydrogen-bond acceptors (Lipinski definition) is 4. The van der Waals surface area contributed by atoms with Gasteiger partial charge in [0.1, 0.15) is 0 Å². The van der Waals surface area contributed by atoms with Crippen LogP contribution in [0, 0.1) is 17.4 Å². The SMILES string of the molecule is C=C(N)c1ccc(Nc2nccn3c(-c4ccc([I-]C)c(C)c4C)cnc23)cc1CC. The third-order valence-corrected chi connectivity index (χ3v) is 8.05. The quantitative estimate of drug-likeness (QED) is 0.300. The standard InChI is InChI=1S/C25H27IN5/c1-6-18-13-19(7-8-21(18)17(4)27)30-24-25-29-14-23(31(25)12-11-28-24)20-9-10-22(26-5)16(3)15(20)2/h7-14H,4,6,27H2,1-3,5H3,(H,28,30)/q-1. The molecule has 3 N–H and O–H groups in total. The van der Waals surface area contributed by atoms with Gasteiger partial charge in [0.25, 0.3) is 0 Å². The van der Waals surface area contributed by atoms with Crippen LogP contribution in [0.4, 0.5) is 11.5 Å². The fourth-order valence-electron chi connectivity index (χ4n) is 3.89. The van der Waals surface area contributed by atoms with Crippen molar-refractivity contribution < 1.29 is 21.2 Å². The minimum absolute atomic E-state index is 0.0631. The summed E-state index contributed by atoms with van der Waals surface area (Å²) in [4.78, 5) is 11.6. The van der Waals surface area contributed by atoms with E-state index < -0.39 is 0 Å². The summed E-state index contributed by atoms with van der Waals surface area (Å²) < 4.78 is 3.60. The molecule has 0 spiro atoms. The molecule has 6 heteroatoms. The fraction of sp³-hybridized carbons (Fsp3) is 0.200. The normalized spacial score (nSPS) is 11.2. The molecule has 0 fully saturated rings. The van der Waals surface area contributed by atoms with Gasteiger partial charge in [-0.25, -0.2) is 0 Å². The molecule has 0 aliphatic carbocycles. The van der Waals surface area contributed by atoms with Crippen molar-refractivity contribution in [1.82, 2.24) is 14.4 Å². The maximum atomic E-state index is 5.93. The zero-order chi connectivity index (χ0) is 22.1. The van der Waals surface area contributed by atoms with Crippen molar-refractivity contribution in [2.24, 2.45) is 5.73 Å². The van der Waals surface area contributed by atoms with Crippen LogP contribution < -0.4 is 32.3 Å². The van der Waals surface area contributed by atoms with E-state index in [-0.39, 0.29) is 21.2 Å². The summed E-state index contributed by atoms with van der Waals surface area (Å²) >= 11 is 0.0631. The molecule has 2 aromatic carbocycles. The molecular formula is C25H27IN5-. The number of rotatable bonds is 6. The molecule has 4 aromatic rings. The van der Waals surface area contributed by atoms with Gasteiger partial charge in [-0.15, -0.1) is 0 Å². The second-order valence-corrected chi connectivity index (χ2v) is 9.76. The molecule has 2 heterocycles. The number of alkyl halides is 1. The van der Waals surface area contributed by atoms with Crippen molar-refractivity contribution in [1.29, 1.82) is 0 Å². The number of hydrogen-bond donors (Lipinski definition) is 2. The number of fused-ring (bicyclic) bond motifs is 1. The topological polar surface area (TPSA) is 68.2 Å². The van der Waals surface area contributed by atoms with Crippen molar-refractivity contribution in [2.75, 3.05) is 10.2 Å². The van der Waals surface area contributed by atoms with Gasteiger partial charge in [-0.2, -0.15) is 0 Å². The van der Waals surface area contributed by atoms with E-state index in [1.807, 2.05) is 30.7 Å². The van der Waals surface area contributed by atoms with Crippen LogP contribution in [0.2, 0.25) is 0 Å². The van der Waals surface area contributed by atoms with Gasteiger partial charge >= 0.3 is 157 Å². The molecule has 0 saturated heterocycles. The number of halogens is 1. The Balaban J connectivity index is 1.76. The number of nitrogens with one attached hydrogen (secondary N) is 1. The Hall–Kier alpha value is -2.87. The second kappa shape index (κ2) is 8.70. The minimum atomic E-state index is 0.0631. The fourth-order valence-corrected chi connectivity index (χ4v) is 5.64. The monoisotopic (exact) mass is 524 g/mol. The van der Waals surface area contributed by atoms with Crippen molar-refractivity contribution >= 4 is 22.8 Å². The molecule has 0 aliphatic heterocycles. The van der Waals surface area contributed by atoms with E-state index in [1.54, 1.807) is 0 Å². The number of imidazole rings is 1. The van der Waals surface area contributed by atoms with Gasteiger partial charge in [0.2, 0.25) is 0 Å². The van der Waals surface area contributed by atoms with Crippen LogP contribution in [-0.4, -0.2) is 19.3 Å². The Morgan fingerprint density at radius 3 is 2.68 bits per heavy atom. The molecule has 0 unspecified atom stereocenters. The number of benzene rings is 2. The first-order valence-corrected chi connectivity index (χ1v) is 13.4. The van der Waals surface area contributed by atoms with Crippen molar-refractivity contribution in [2.45, 2.75) is 27.2 Å². The number of nitrogens with two attached hydrogens (primary N) is 1. The van der Waals surface area contributed by atoms with Gasteiger partial charge in [0, 0.05) is 11.3 Å². The molecule has 5 nitrogen and oxygen atoms in total. The summed E-state index contributed by atoms with van der Waals surface area (Å²) in [5.41, 5.74) is 15.4. The van der Waals surface area contributed by atoms with Gasteiger partial charge in [0.05, 0.1) is 0 Å². The van der Waals surface area contributed by atoms with Crippen molar-refractivity contribution in [3.63, 3.8) is 0 Å². The number of anilines is 2. The first kappa shape index (κ1) is 21.4. The van der Waals surface area contributed by atoms with Crippen molar-refractivity contribution in [3.8, 4) is 11.3 Å². The summed E-state index contributed by atoms with van der Waals surface area (Å²) in [6.45, 7) is 10.4. The molecule has 0 amide bonds. The Kier molecular flexibility index (Phi) is 6.00. The maximum absolute atomic E-state index is 5.93.